The van der Waals surface area contributed by atoms with Gasteiger partial charge in [0.2, 0.25) is 0 Å². The second-order valence-corrected chi connectivity index (χ2v) is 7.57. The number of methoxy groups -OCH3 is 1. The minimum Gasteiger partial charge on any atom is -0.465 e. The van der Waals surface area contributed by atoms with Gasteiger partial charge < -0.3 is 9.72 Å². The Bertz CT molecular complexity index is 954. The van der Waals surface area contributed by atoms with E-state index in [0.29, 0.717) is 11.5 Å². The second kappa shape index (κ2) is 9.09. The molecule has 0 bridgehead atoms. The molecule has 0 saturated heterocycles. The summed E-state index contributed by atoms with van der Waals surface area (Å²) in [7, 11) is 1.42. The molecule has 148 valence electrons. The number of carbonyl (C=O) groups is 1. The van der Waals surface area contributed by atoms with Crippen LogP contribution in [0.1, 0.15) is 73.9 Å². The molecule has 3 nitrogen and oxygen atoms in total. The molecule has 3 rings (SSSR count). The molecule has 28 heavy (non-hydrogen) atoms. The highest BCUT2D eigenvalue weighted by Gasteiger charge is 2.21. The second-order valence-electron chi connectivity index (χ2n) is 7.57. The Kier molecular flexibility index (Phi) is 6.56. The standard InChI is InChI=1S/C25H31NO2/c1-5-7-8-11-17(3)23-21-15-14-19(25(27)28-4)16-22(21)26-24(23)20-13-10-9-12-18(20)6-2/h9-10,12-17,26H,5-8,11H2,1-4H3. The Balaban J connectivity index is 2.16. The molecule has 0 amide bonds. The lowest BCUT2D eigenvalue weighted by molar-refractivity contribution is 0.0601. The van der Waals surface area contributed by atoms with E-state index in [0.717, 1.165) is 11.9 Å². The zero-order valence-corrected chi connectivity index (χ0v) is 17.5. The van der Waals surface area contributed by atoms with Crippen molar-refractivity contribution in [1.29, 1.82) is 0 Å². The van der Waals surface area contributed by atoms with Crippen LogP contribution in [0.2, 0.25) is 0 Å². The Morgan fingerprint density at radius 2 is 1.89 bits per heavy atom. The van der Waals surface area contributed by atoms with Crippen LogP contribution in [-0.4, -0.2) is 18.1 Å². The van der Waals surface area contributed by atoms with Crippen molar-refractivity contribution in [2.45, 2.75) is 58.8 Å². The van der Waals surface area contributed by atoms with Gasteiger partial charge in [-0.1, -0.05) is 70.4 Å². The molecule has 1 atom stereocenters. The number of fused-ring (bicyclic) bond motifs is 1. The number of unbranched alkanes of at least 4 members (excludes halogenated alkanes) is 2. The molecular weight excluding hydrogens is 346 g/mol. The average Bonchev–Trinajstić information content (AvgIpc) is 3.11. The topological polar surface area (TPSA) is 42.1 Å². The minimum absolute atomic E-state index is 0.301. The van der Waals surface area contributed by atoms with Crippen molar-refractivity contribution in [2.75, 3.05) is 7.11 Å². The first-order valence-corrected chi connectivity index (χ1v) is 10.4. The molecule has 0 radical (unpaired) electrons. The van der Waals surface area contributed by atoms with Gasteiger partial charge in [-0.25, -0.2) is 4.79 Å². The molecule has 3 aromatic rings. The molecule has 3 heteroatoms. The number of esters is 1. The van der Waals surface area contributed by atoms with Crippen molar-refractivity contribution < 1.29 is 9.53 Å². The van der Waals surface area contributed by atoms with E-state index in [1.165, 1.54) is 60.6 Å². The first-order valence-electron chi connectivity index (χ1n) is 10.4. The molecule has 0 aliphatic carbocycles. The van der Waals surface area contributed by atoms with Crippen molar-refractivity contribution >= 4 is 16.9 Å². The molecule has 2 aromatic carbocycles. The van der Waals surface area contributed by atoms with E-state index in [1.54, 1.807) is 0 Å². The number of ether oxygens (including phenoxy) is 1. The fourth-order valence-electron chi connectivity index (χ4n) is 4.11. The number of aryl methyl sites for hydroxylation is 1. The molecule has 0 fully saturated rings. The molecule has 0 spiro atoms. The third-order valence-electron chi connectivity index (χ3n) is 5.66. The smallest absolute Gasteiger partial charge is 0.337 e. The molecule has 1 N–H and O–H groups in total. The third kappa shape index (κ3) is 3.99. The maximum absolute atomic E-state index is 12.0. The van der Waals surface area contributed by atoms with Crippen LogP contribution in [0.3, 0.4) is 0 Å². The lowest BCUT2D eigenvalue weighted by atomic mass is 9.89. The van der Waals surface area contributed by atoms with Crippen molar-refractivity contribution in [3.8, 4) is 11.3 Å². The summed E-state index contributed by atoms with van der Waals surface area (Å²) in [5.41, 5.74) is 6.74. The molecule has 0 aliphatic heterocycles. The van der Waals surface area contributed by atoms with E-state index in [9.17, 15) is 4.79 Å². The number of benzene rings is 2. The Labute approximate surface area is 168 Å². The van der Waals surface area contributed by atoms with Crippen LogP contribution in [0.25, 0.3) is 22.2 Å². The first-order chi connectivity index (χ1) is 13.6. The van der Waals surface area contributed by atoms with E-state index >= 15 is 0 Å². The average molecular weight is 378 g/mol. The lowest BCUT2D eigenvalue weighted by Crippen LogP contribution is -2.00. The SMILES string of the molecule is CCCCCC(C)c1c(-c2ccccc2CC)[nH]c2cc(C(=O)OC)ccc12. The van der Waals surface area contributed by atoms with Crippen molar-refractivity contribution in [1.82, 2.24) is 4.98 Å². The van der Waals surface area contributed by atoms with Crippen LogP contribution in [0.5, 0.6) is 0 Å². The molecule has 1 aromatic heterocycles. The Hall–Kier alpha value is -2.55. The first kappa shape index (κ1) is 20.2. The van der Waals surface area contributed by atoms with Crippen molar-refractivity contribution in [3.05, 3.63) is 59.2 Å². The van der Waals surface area contributed by atoms with Crippen LogP contribution in [-0.2, 0) is 11.2 Å². The summed E-state index contributed by atoms with van der Waals surface area (Å²) in [5.74, 6) is 0.147. The van der Waals surface area contributed by atoms with Crippen LogP contribution in [0.4, 0.5) is 0 Å². The zero-order valence-electron chi connectivity index (χ0n) is 17.5. The Morgan fingerprint density at radius 3 is 2.61 bits per heavy atom. The fraction of sp³-hybridized carbons (Fsp3) is 0.400. The van der Waals surface area contributed by atoms with Gasteiger partial charge in [-0.05, 0) is 42.0 Å². The van der Waals surface area contributed by atoms with Crippen LogP contribution >= 0.6 is 0 Å². The minimum atomic E-state index is -0.301. The summed E-state index contributed by atoms with van der Waals surface area (Å²) < 4.78 is 4.90. The monoisotopic (exact) mass is 377 g/mol. The normalized spacial score (nSPS) is 12.3. The number of hydrogen-bond donors (Lipinski definition) is 1. The number of rotatable bonds is 8. The Morgan fingerprint density at radius 1 is 1.11 bits per heavy atom. The van der Waals surface area contributed by atoms with Gasteiger partial charge >= 0.3 is 5.97 Å². The number of hydrogen-bond acceptors (Lipinski definition) is 2. The van der Waals surface area contributed by atoms with Crippen molar-refractivity contribution in [3.63, 3.8) is 0 Å². The molecule has 1 heterocycles. The van der Waals surface area contributed by atoms with Gasteiger partial charge in [0, 0.05) is 16.5 Å². The highest BCUT2D eigenvalue weighted by molar-refractivity contribution is 5.98. The van der Waals surface area contributed by atoms with E-state index < -0.39 is 0 Å². The summed E-state index contributed by atoms with van der Waals surface area (Å²) in [6.45, 7) is 6.76. The summed E-state index contributed by atoms with van der Waals surface area (Å²) in [6, 6.07) is 14.5. The van der Waals surface area contributed by atoms with Gasteiger partial charge in [0.1, 0.15) is 0 Å². The number of aromatic nitrogens is 1. The maximum atomic E-state index is 12.0. The molecular formula is C25H31NO2. The highest BCUT2D eigenvalue weighted by atomic mass is 16.5. The summed E-state index contributed by atoms with van der Waals surface area (Å²) in [4.78, 5) is 15.6. The van der Waals surface area contributed by atoms with Gasteiger partial charge in [-0.15, -0.1) is 0 Å². The van der Waals surface area contributed by atoms with Crippen LogP contribution in [0, 0.1) is 0 Å². The number of aromatic amines is 1. The summed E-state index contributed by atoms with van der Waals surface area (Å²) in [5, 5.41) is 1.21. The van der Waals surface area contributed by atoms with Crippen molar-refractivity contribution in [2.24, 2.45) is 0 Å². The molecule has 1 unspecified atom stereocenters. The fourth-order valence-corrected chi connectivity index (χ4v) is 4.11. The quantitative estimate of drug-likeness (QED) is 0.344. The number of carbonyl (C=O) groups excluding carboxylic acids is 1. The van der Waals surface area contributed by atoms with Gasteiger partial charge in [-0.3, -0.25) is 0 Å². The molecule has 0 saturated carbocycles. The van der Waals surface area contributed by atoms with Crippen LogP contribution in [0.15, 0.2) is 42.5 Å². The predicted octanol–water partition coefficient (Wildman–Crippen LogP) is 6.87. The van der Waals surface area contributed by atoms with E-state index in [4.69, 9.17) is 4.74 Å². The van der Waals surface area contributed by atoms with Gasteiger partial charge in [-0.2, -0.15) is 0 Å². The third-order valence-corrected chi connectivity index (χ3v) is 5.66. The summed E-state index contributed by atoms with van der Waals surface area (Å²) >= 11 is 0. The van der Waals surface area contributed by atoms with Gasteiger partial charge in [0.05, 0.1) is 18.4 Å². The largest absolute Gasteiger partial charge is 0.465 e. The zero-order chi connectivity index (χ0) is 20.1. The van der Waals surface area contributed by atoms with E-state index in [2.05, 4.69) is 56.1 Å². The number of nitrogens with one attached hydrogen (secondary N) is 1. The van der Waals surface area contributed by atoms with E-state index in [-0.39, 0.29) is 5.97 Å². The summed E-state index contributed by atoms with van der Waals surface area (Å²) in [6.07, 6.45) is 5.89. The maximum Gasteiger partial charge on any atom is 0.337 e. The molecule has 0 aliphatic rings. The van der Waals surface area contributed by atoms with Gasteiger partial charge in [0.15, 0.2) is 0 Å². The lowest BCUT2D eigenvalue weighted by Gasteiger charge is -2.15. The highest BCUT2D eigenvalue weighted by Crippen LogP contribution is 2.39. The van der Waals surface area contributed by atoms with E-state index in [1.807, 2.05) is 12.1 Å². The van der Waals surface area contributed by atoms with Crippen LogP contribution < -0.4 is 0 Å². The van der Waals surface area contributed by atoms with Gasteiger partial charge in [0.25, 0.3) is 0 Å². The number of H-pyrrole nitrogens is 1. The predicted molar refractivity (Wildman–Crippen MR) is 117 cm³/mol.